The van der Waals surface area contributed by atoms with Crippen LogP contribution in [0.3, 0.4) is 0 Å². The zero-order valence-corrected chi connectivity index (χ0v) is 21.6. The van der Waals surface area contributed by atoms with E-state index in [1.54, 1.807) is 24.3 Å². The number of likely N-dealkylation sites (tertiary alicyclic amines) is 1. The van der Waals surface area contributed by atoms with Gasteiger partial charge >= 0.3 is 0 Å². The van der Waals surface area contributed by atoms with E-state index in [0.717, 1.165) is 32.1 Å². The normalized spacial score (nSPS) is 44.3. The molecule has 0 aromatic heterocycles. The average Bonchev–Trinajstić information content (AvgIpc) is 3.58. The van der Waals surface area contributed by atoms with E-state index in [1.807, 2.05) is 18.0 Å². The number of ether oxygens (including phenoxy) is 1. The molecule has 4 saturated carbocycles. The second-order valence-corrected chi connectivity index (χ2v) is 14.5. The van der Waals surface area contributed by atoms with Gasteiger partial charge in [-0.2, -0.15) is 0 Å². The number of hydrogen-bond acceptors (Lipinski definition) is 4. The first-order chi connectivity index (χ1) is 16.2. The minimum atomic E-state index is -3.63. The fourth-order valence-corrected chi connectivity index (χ4v) is 11.2. The molecule has 0 N–H and O–H groups in total. The third kappa shape index (κ3) is 3.20. The van der Waals surface area contributed by atoms with Crippen LogP contribution in [0.4, 0.5) is 0 Å². The fraction of sp³-hybridized carbons (Fsp3) is 0.750. The molecule has 1 heterocycles. The van der Waals surface area contributed by atoms with Gasteiger partial charge in [0.25, 0.3) is 0 Å². The van der Waals surface area contributed by atoms with Gasteiger partial charge in [0.2, 0.25) is 5.91 Å². The van der Waals surface area contributed by atoms with E-state index in [4.69, 9.17) is 4.74 Å². The van der Waals surface area contributed by atoms with Crippen LogP contribution >= 0.6 is 0 Å². The molecule has 4 aliphatic carbocycles. The van der Waals surface area contributed by atoms with E-state index < -0.39 is 20.5 Å². The van der Waals surface area contributed by atoms with Gasteiger partial charge in [-0.15, -0.1) is 0 Å². The zero-order valence-electron chi connectivity index (χ0n) is 20.8. The predicted octanol–water partition coefficient (Wildman–Crippen LogP) is 4.85. The number of benzene rings is 1. The molecular formula is C28H39NO4S. The summed E-state index contributed by atoms with van der Waals surface area (Å²) >= 11 is 0. The van der Waals surface area contributed by atoms with Crippen LogP contribution in [0.2, 0.25) is 0 Å². The molecule has 8 atom stereocenters. The van der Waals surface area contributed by atoms with Crippen LogP contribution in [0.15, 0.2) is 35.2 Å². The Balaban J connectivity index is 1.38. The smallest absolute Gasteiger partial charge is 0.223 e. The molecule has 1 aromatic rings. The van der Waals surface area contributed by atoms with Crippen molar-refractivity contribution < 1.29 is 17.9 Å². The molecule has 6 heteroatoms. The minimum absolute atomic E-state index is 0.0113. The summed E-state index contributed by atoms with van der Waals surface area (Å²) in [7, 11) is -1.72. The molecule has 3 unspecified atom stereocenters. The van der Waals surface area contributed by atoms with Gasteiger partial charge in [-0.3, -0.25) is 4.79 Å². The molecule has 0 spiro atoms. The van der Waals surface area contributed by atoms with Crippen LogP contribution in [0.25, 0.3) is 0 Å². The Bertz CT molecular complexity index is 1070. The molecule has 1 aliphatic heterocycles. The SMILES string of the molecule is CN1C(=O)CC(S(=O)(=O)c2ccccc2)[C@@]2(C)C1CC[C@@H]1[C@H]2CC[C@]2(C)C(OC3CC3)CC[C@@H]12. The molecule has 34 heavy (non-hydrogen) atoms. The summed E-state index contributed by atoms with van der Waals surface area (Å²) in [6.07, 6.45) is 9.83. The maximum absolute atomic E-state index is 14.1. The summed E-state index contributed by atoms with van der Waals surface area (Å²) in [5.41, 5.74) is -0.228. The van der Waals surface area contributed by atoms with Gasteiger partial charge in [-0.25, -0.2) is 8.42 Å². The number of fused-ring (bicyclic) bond motifs is 5. The lowest BCUT2D eigenvalue weighted by atomic mass is 9.47. The second kappa shape index (κ2) is 7.80. The number of amides is 1. The van der Waals surface area contributed by atoms with Gasteiger partial charge < -0.3 is 9.64 Å². The molecule has 5 aliphatic rings. The second-order valence-electron chi connectivity index (χ2n) is 12.3. The van der Waals surface area contributed by atoms with E-state index in [1.165, 1.54) is 19.3 Å². The summed E-state index contributed by atoms with van der Waals surface area (Å²) in [5.74, 6) is 1.41. The molecular weight excluding hydrogens is 446 g/mol. The highest BCUT2D eigenvalue weighted by atomic mass is 32.2. The highest BCUT2D eigenvalue weighted by Crippen LogP contribution is 2.66. The number of hydrogen-bond donors (Lipinski definition) is 0. The highest BCUT2D eigenvalue weighted by molar-refractivity contribution is 7.92. The van der Waals surface area contributed by atoms with E-state index in [2.05, 4.69) is 13.8 Å². The summed E-state index contributed by atoms with van der Waals surface area (Å²) in [6.45, 7) is 4.68. The molecule has 1 amide bonds. The van der Waals surface area contributed by atoms with Crippen molar-refractivity contribution in [1.29, 1.82) is 0 Å². The first-order valence-electron chi connectivity index (χ1n) is 13.4. The van der Waals surface area contributed by atoms with Crippen LogP contribution in [0.5, 0.6) is 0 Å². The Labute approximate surface area is 204 Å². The van der Waals surface area contributed by atoms with Gasteiger partial charge in [-0.1, -0.05) is 32.0 Å². The van der Waals surface area contributed by atoms with Crippen molar-refractivity contribution >= 4 is 15.7 Å². The van der Waals surface area contributed by atoms with E-state index >= 15 is 0 Å². The van der Waals surface area contributed by atoms with Gasteiger partial charge in [0, 0.05) is 24.9 Å². The van der Waals surface area contributed by atoms with E-state index in [-0.39, 0.29) is 23.8 Å². The Kier molecular flexibility index (Phi) is 5.28. The number of sulfone groups is 1. The maximum Gasteiger partial charge on any atom is 0.223 e. The molecule has 1 saturated heterocycles. The highest BCUT2D eigenvalue weighted by Gasteiger charge is 2.66. The monoisotopic (exact) mass is 485 g/mol. The number of nitrogens with zero attached hydrogens (tertiary/aromatic N) is 1. The van der Waals surface area contributed by atoms with Crippen molar-refractivity contribution in [3.05, 3.63) is 30.3 Å². The number of piperidine rings is 1. The Hall–Kier alpha value is -1.40. The topological polar surface area (TPSA) is 63.7 Å². The average molecular weight is 486 g/mol. The molecule has 5 fully saturated rings. The Morgan fingerprint density at radius 2 is 1.68 bits per heavy atom. The van der Waals surface area contributed by atoms with E-state index in [0.29, 0.717) is 34.9 Å². The summed E-state index contributed by atoms with van der Waals surface area (Å²) in [4.78, 5) is 15.3. The third-order valence-corrected chi connectivity index (χ3v) is 13.2. The van der Waals surface area contributed by atoms with Crippen molar-refractivity contribution in [2.75, 3.05) is 7.05 Å². The van der Waals surface area contributed by atoms with Crippen LogP contribution < -0.4 is 0 Å². The van der Waals surface area contributed by atoms with Gasteiger partial charge in [0.15, 0.2) is 9.84 Å². The van der Waals surface area contributed by atoms with Crippen LogP contribution in [-0.2, 0) is 19.4 Å². The Morgan fingerprint density at radius 1 is 0.941 bits per heavy atom. The lowest BCUT2D eigenvalue weighted by molar-refractivity contribution is -0.161. The molecule has 5 nitrogen and oxygen atoms in total. The summed E-state index contributed by atoms with van der Waals surface area (Å²) in [5, 5.41) is -0.659. The van der Waals surface area contributed by atoms with Gasteiger partial charge in [-0.05, 0) is 86.7 Å². The predicted molar refractivity (Wildman–Crippen MR) is 131 cm³/mol. The Morgan fingerprint density at radius 3 is 2.38 bits per heavy atom. The van der Waals surface area contributed by atoms with Gasteiger partial charge in [0.1, 0.15) is 0 Å². The van der Waals surface area contributed by atoms with E-state index in [9.17, 15) is 13.2 Å². The lowest BCUT2D eigenvalue weighted by Crippen LogP contribution is -2.67. The summed E-state index contributed by atoms with van der Waals surface area (Å²) < 4.78 is 34.6. The first kappa shape index (κ1) is 23.0. The number of rotatable bonds is 4. The fourth-order valence-electron chi connectivity index (χ4n) is 8.96. The van der Waals surface area contributed by atoms with Crippen molar-refractivity contribution in [2.45, 2.75) is 100 Å². The minimum Gasteiger partial charge on any atom is -0.374 e. The standard InChI is InChI=1S/C28H39NO4S/c1-27-16-15-22-20(21(27)12-14-24(27)33-18-9-10-18)11-13-23-28(22,2)25(17-26(30)29(23)3)34(31,32)19-7-5-4-6-8-19/h4-8,18,20-25H,9-17H2,1-3H3/t20-,21-,22+,23?,24?,25?,27-,28+/m0/s1. The quantitative estimate of drug-likeness (QED) is 0.612. The maximum atomic E-state index is 14.1. The largest absolute Gasteiger partial charge is 0.374 e. The number of carbonyl (C=O) groups is 1. The molecule has 1 aromatic carbocycles. The van der Waals surface area contributed by atoms with Crippen molar-refractivity contribution in [3.63, 3.8) is 0 Å². The molecule has 6 rings (SSSR count). The lowest BCUT2D eigenvalue weighted by Gasteiger charge is -2.63. The zero-order chi connectivity index (χ0) is 23.9. The van der Waals surface area contributed by atoms with Gasteiger partial charge in [0.05, 0.1) is 22.4 Å². The van der Waals surface area contributed by atoms with Crippen molar-refractivity contribution in [1.82, 2.24) is 4.90 Å². The van der Waals surface area contributed by atoms with Crippen LogP contribution in [0.1, 0.15) is 71.6 Å². The summed E-state index contributed by atoms with van der Waals surface area (Å²) in [6, 6.07) is 8.82. The molecule has 0 bridgehead atoms. The molecule has 186 valence electrons. The number of carbonyl (C=O) groups excluding carboxylic acids is 1. The van der Waals surface area contributed by atoms with Crippen molar-refractivity contribution in [3.8, 4) is 0 Å². The van der Waals surface area contributed by atoms with Crippen molar-refractivity contribution in [2.24, 2.45) is 28.6 Å². The van der Waals surface area contributed by atoms with Crippen LogP contribution in [0, 0.1) is 28.6 Å². The first-order valence-corrected chi connectivity index (χ1v) is 14.9. The molecule has 0 radical (unpaired) electrons. The third-order valence-electron chi connectivity index (χ3n) is 10.9. The van der Waals surface area contributed by atoms with Crippen LogP contribution in [-0.4, -0.2) is 49.8 Å².